The average Bonchev–Trinajstić information content (AvgIpc) is 2.69. The number of rotatable bonds is 4. The van der Waals surface area contributed by atoms with Crippen molar-refractivity contribution in [3.63, 3.8) is 0 Å². The summed E-state index contributed by atoms with van der Waals surface area (Å²) in [4.78, 5) is 0. The standard InChI is InChI=1S/C16H22F2O/c1-10(2)16(11(3)4)9-8-12-6-5-7-13(14(12)16)19-15(17)18/h5-7,10-11,15H,8-9H2,1-4H3. The molecule has 0 radical (unpaired) electrons. The Labute approximate surface area is 114 Å². The van der Waals surface area contributed by atoms with E-state index in [1.807, 2.05) is 12.1 Å². The minimum absolute atomic E-state index is 0.0547. The smallest absolute Gasteiger partial charge is 0.387 e. The zero-order valence-corrected chi connectivity index (χ0v) is 12.0. The van der Waals surface area contributed by atoms with Gasteiger partial charge < -0.3 is 4.74 Å². The zero-order chi connectivity index (χ0) is 14.2. The first-order chi connectivity index (χ1) is 8.89. The lowest BCUT2D eigenvalue weighted by Crippen LogP contribution is -2.36. The van der Waals surface area contributed by atoms with E-state index >= 15 is 0 Å². The Kier molecular flexibility index (Phi) is 3.84. The van der Waals surface area contributed by atoms with Crippen molar-refractivity contribution in [3.05, 3.63) is 29.3 Å². The van der Waals surface area contributed by atoms with E-state index in [9.17, 15) is 8.78 Å². The second-order valence-corrected chi connectivity index (χ2v) is 6.02. The summed E-state index contributed by atoms with van der Waals surface area (Å²) in [7, 11) is 0. The molecule has 1 aromatic carbocycles. The van der Waals surface area contributed by atoms with Crippen LogP contribution in [0.15, 0.2) is 18.2 Å². The Morgan fingerprint density at radius 1 is 1.11 bits per heavy atom. The number of halogens is 2. The van der Waals surface area contributed by atoms with Gasteiger partial charge in [-0.3, -0.25) is 0 Å². The molecule has 0 amide bonds. The lowest BCUT2D eigenvalue weighted by atomic mass is 9.65. The largest absolute Gasteiger partial charge is 0.435 e. The molecule has 106 valence electrons. The van der Waals surface area contributed by atoms with Crippen molar-refractivity contribution in [1.82, 2.24) is 0 Å². The molecule has 0 heterocycles. The molecule has 0 saturated heterocycles. The van der Waals surface area contributed by atoms with Crippen molar-refractivity contribution in [2.45, 2.75) is 52.6 Å². The quantitative estimate of drug-likeness (QED) is 0.763. The molecule has 0 saturated carbocycles. The molecule has 1 aliphatic rings. The van der Waals surface area contributed by atoms with Crippen molar-refractivity contribution < 1.29 is 13.5 Å². The average molecular weight is 268 g/mol. The van der Waals surface area contributed by atoms with Gasteiger partial charge in [-0.15, -0.1) is 0 Å². The monoisotopic (exact) mass is 268 g/mol. The highest BCUT2D eigenvalue weighted by atomic mass is 19.3. The van der Waals surface area contributed by atoms with Crippen molar-refractivity contribution in [2.75, 3.05) is 0 Å². The van der Waals surface area contributed by atoms with Crippen LogP contribution in [0.2, 0.25) is 0 Å². The molecule has 0 bridgehead atoms. The van der Waals surface area contributed by atoms with Crippen LogP contribution in [0.4, 0.5) is 8.78 Å². The summed E-state index contributed by atoms with van der Waals surface area (Å²) < 4.78 is 30.0. The van der Waals surface area contributed by atoms with E-state index in [-0.39, 0.29) is 5.41 Å². The summed E-state index contributed by atoms with van der Waals surface area (Å²) in [5, 5.41) is 0. The van der Waals surface area contributed by atoms with E-state index in [0.717, 1.165) is 18.4 Å². The van der Waals surface area contributed by atoms with Crippen LogP contribution in [0.25, 0.3) is 0 Å². The number of alkyl halides is 2. The van der Waals surface area contributed by atoms with Crippen LogP contribution in [-0.2, 0) is 11.8 Å². The Hall–Kier alpha value is -1.12. The molecule has 1 aliphatic carbocycles. The fourth-order valence-electron chi connectivity index (χ4n) is 3.80. The van der Waals surface area contributed by atoms with E-state index in [1.165, 1.54) is 5.56 Å². The minimum atomic E-state index is -2.76. The van der Waals surface area contributed by atoms with Crippen molar-refractivity contribution in [3.8, 4) is 5.75 Å². The number of benzene rings is 1. The van der Waals surface area contributed by atoms with Crippen LogP contribution in [-0.4, -0.2) is 6.61 Å². The van der Waals surface area contributed by atoms with Crippen LogP contribution >= 0.6 is 0 Å². The number of fused-ring (bicyclic) bond motifs is 1. The highest BCUT2D eigenvalue weighted by Crippen LogP contribution is 2.52. The van der Waals surface area contributed by atoms with E-state index in [2.05, 4.69) is 27.7 Å². The summed E-state index contributed by atoms with van der Waals surface area (Å²) >= 11 is 0. The second-order valence-electron chi connectivity index (χ2n) is 6.02. The van der Waals surface area contributed by atoms with E-state index in [0.29, 0.717) is 17.6 Å². The Morgan fingerprint density at radius 3 is 2.26 bits per heavy atom. The third-order valence-corrected chi connectivity index (χ3v) is 4.66. The molecule has 0 aliphatic heterocycles. The second kappa shape index (κ2) is 5.10. The van der Waals surface area contributed by atoms with Gasteiger partial charge in [0.15, 0.2) is 0 Å². The number of ether oxygens (including phenoxy) is 1. The van der Waals surface area contributed by atoms with Gasteiger partial charge in [0.25, 0.3) is 0 Å². The third kappa shape index (κ3) is 2.24. The fourth-order valence-corrected chi connectivity index (χ4v) is 3.80. The maximum Gasteiger partial charge on any atom is 0.387 e. The molecule has 3 heteroatoms. The first kappa shape index (κ1) is 14.3. The Morgan fingerprint density at radius 2 is 1.74 bits per heavy atom. The van der Waals surface area contributed by atoms with E-state index in [1.54, 1.807) is 6.07 Å². The van der Waals surface area contributed by atoms with Gasteiger partial charge in [0.2, 0.25) is 0 Å². The van der Waals surface area contributed by atoms with E-state index in [4.69, 9.17) is 4.74 Å². The molecule has 0 atom stereocenters. The Balaban J connectivity index is 2.58. The van der Waals surface area contributed by atoms with Crippen LogP contribution in [0.3, 0.4) is 0 Å². The van der Waals surface area contributed by atoms with Gasteiger partial charge in [-0.25, -0.2) is 0 Å². The summed E-state index contributed by atoms with van der Waals surface area (Å²) in [6, 6.07) is 5.53. The maximum atomic E-state index is 12.6. The molecule has 0 aromatic heterocycles. The first-order valence-corrected chi connectivity index (χ1v) is 6.96. The summed E-state index contributed by atoms with van der Waals surface area (Å²) in [6.45, 7) is 5.94. The predicted octanol–water partition coefficient (Wildman–Crippen LogP) is 4.78. The zero-order valence-electron chi connectivity index (χ0n) is 12.0. The number of aryl methyl sites for hydroxylation is 1. The molecule has 0 fully saturated rings. The summed E-state index contributed by atoms with van der Waals surface area (Å²) in [5.41, 5.74) is 2.13. The van der Waals surface area contributed by atoms with Crippen LogP contribution in [0.1, 0.15) is 45.2 Å². The topological polar surface area (TPSA) is 9.23 Å². The molecule has 0 spiro atoms. The van der Waals surface area contributed by atoms with Gasteiger partial charge in [-0.05, 0) is 36.3 Å². The highest BCUT2D eigenvalue weighted by Gasteiger charge is 2.46. The lowest BCUT2D eigenvalue weighted by Gasteiger charge is -2.39. The molecule has 1 nitrogen and oxygen atoms in total. The normalized spacial score (nSPS) is 17.3. The van der Waals surface area contributed by atoms with Crippen molar-refractivity contribution in [2.24, 2.45) is 11.8 Å². The molecular weight excluding hydrogens is 246 g/mol. The molecule has 0 N–H and O–H groups in total. The van der Waals surface area contributed by atoms with Crippen molar-refractivity contribution in [1.29, 1.82) is 0 Å². The van der Waals surface area contributed by atoms with Crippen molar-refractivity contribution >= 4 is 0 Å². The molecule has 19 heavy (non-hydrogen) atoms. The third-order valence-electron chi connectivity index (χ3n) is 4.66. The van der Waals surface area contributed by atoms with Crippen LogP contribution in [0, 0.1) is 11.8 Å². The lowest BCUT2D eigenvalue weighted by molar-refractivity contribution is -0.0515. The number of hydrogen-bond acceptors (Lipinski definition) is 1. The molecule has 2 rings (SSSR count). The van der Waals surface area contributed by atoms with Gasteiger partial charge in [0, 0.05) is 11.0 Å². The predicted molar refractivity (Wildman–Crippen MR) is 72.7 cm³/mol. The van der Waals surface area contributed by atoms with Crippen LogP contribution in [0.5, 0.6) is 5.75 Å². The van der Waals surface area contributed by atoms with Crippen LogP contribution < -0.4 is 4.74 Å². The van der Waals surface area contributed by atoms with Gasteiger partial charge >= 0.3 is 6.61 Å². The maximum absolute atomic E-state index is 12.6. The Bertz CT molecular complexity index is 444. The van der Waals surface area contributed by atoms with Gasteiger partial charge in [0.1, 0.15) is 5.75 Å². The SMILES string of the molecule is CC(C)C1(C(C)C)CCc2cccc(OC(F)F)c21. The number of hydrogen-bond donors (Lipinski definition) is 0. The molecular formula is C16H22F2O. The van der Waals surface area contributed by atoms with Gasteiger partial charge in [-0.2, -0.15) is 8.78 Å². The summed E-state index contributed by atoms with van der Waals surface area (Å²) in [6.07, 6.45) is 1.97. The first-order valence-electron chi connectivity index (χ1n) is 6.96. The minimum Gasteiger partial charge on any atom is -0.435 e. The van der Waals surface area contributed by atoms with Gasteiger partial charge in [-0.1, -0.05) is 39.8 Å². The van der Waals surface area contributed by atoms with Gasteiger partial charge in [0.05, 0.1) is 0 Å². The summed E-state index contributed by atoms with van der Waals surface area (Å²) in [5.74, 6) is 1.17. The van der Waals surface area contributed by atoms with E-state index < -0.39 is 6.61 Å². The molecule has 1 aromatic rings. The molecule has 0 unspecified atom stereocenters. The fraction of sp³-hybridized carbons (Fsp3) is 0.625. The highest BCUT2D eigenvalue weighted by molar-refractivity contribution is 5.50.